The number of hydrogen-bond donors (Lipinski definition) is 1. The molecule has 19 heavy (non-hydrogen) atoms. The molecule has 1 aliphatic heterocycles. The second-order valence-corrected chi connectivity index (χ2v) is 5.95. The largest absolute Gasteiger partial charge is 0.354 e. The molecule has 1 saturated heterocycles. The van der Waals surface area contributed by atoms with Gasteiger partial charge in [0, 0.05) is 31.4 Å². The molecule has 1 atom stereocenters. The molecule has 1 fully saturated rings. The third kappa shape index (κ3) is 4.20. The summed E-state index contributed by atoms with van der Waals surface area (Å²) in [6.45, 7) is 8.71. The van der Waals surface area contributed by atoms with Crippen LogP contribution in [0.15, 0.2) is 18.3 Å². The van der Waals surface area contributed by atoms with E-state index in [1.54, 1.807) is 0 Å². The SMILES string of the molecule is CC(C)NCc1ccc(N2CCCCCC2C)nc1. The van der Waals surface area contributed by atoms with Gasteiger partial charge in [0.2, 0.25) is 0 Å². The molecule has 0 spiro atoms. The maximum atomic E-state index is 4.66. The highest BCUT2D eigenvalue weighted by Crippen LogP contribution is 2.22. The maximum absolute atomic E-state index is 4.66. The highest BCUT2D eigenvalue weighted by Gasteiger charge is 2.17. The van der Waals surface area contributed by atoms with Gasteiger partial charge in [-0.2, -0.15) is 0 Å². The highest BCUT2D eigenvalue weighted by atomic mass is 15.2. The molecular weight excluding hydrogens is 234 g/mol. The van der Waals surface area contributed by atoms with E-state index in [1.165, 1.54) is 31.2 Å². The molecule has 1 unspecified atom stereocenters. The van der Waals surface area contributed by atoms with Crippen molar-refractivity contribution in [2.24, 2.45) is 0 Å². The predicted octanol–water partition coefficient (Wildman–Crippen LogP) is 3.35. The van der Waals surface area contributed by atoms with Crippen LogP contribution in [-0.2, 0) is 6.54 Å². The van der Waals surface area contributed by atoms with Crippen molar-refractivity contribution in [3.05, 3.63) is 23.9 Å². The first-order valence-electron chi connectivity index (χ1n) is 7.62. The monoisotopic (exact) mass is 261 g/mol. The molecular formula is C16H27N3. The molecule has 1 N–H and O–H groups in total. The molecule has 0 radical (unpaired) electrons. The van der Waals surface area contributed by atoms with E-state index in [-0.39, 0.29) is 0 Å². The second-order valence-electron chi connectivity index (χ2n) is 5.95. The highest BCUT2D eigenvalue weighted by molar-refractivity contribution is 5.40. The molecule has 0 aliphatic carbocycles. The van der Waals surface area contributed by atoms with Crippen molar-refractivity contribution in [2.45, 2.75) is 65.1 Å². The summed E-state index contributed by atoms with van der Waals surface area (Å²) in [6, 6.07) is 5.52. The Balaban J connectivity index is 2.00. The lowest BCUT2D eigenvalue weighted by atomic mass is 10.1. The summed E-state index contributed by atoms with van der Waals surface area (Å²) in [6.07, 6.45) is 7.31. The maximum Gasteiger partial charge on any atom is 0.128 e. The molecule has 2 rings (SSSR count). The van der Waals surface area contributed by atoms with Gasteiger partial charge in [0.1, 0.15) is 5.82 Å². The lowest BCUT2D eigenvalue weighted by molar-refractivity contribution is 0.587. The molecule has 3 heteroatoms. The Labute approximate surface area is 117 Å². The Morgan fingerprint density at radius 2 is 2.16 bits per heavy atom. The molecule has 0 aromatic carbocycles. The zero-order chi connectivity index (χ0) is 13.7. The van der Waals surface area contributed by atoms with Gasteiger partial charge in [0.25, 0.3) is 0 Å². The van der Waals surface area contributed by atoms with E-state index in [2.05, 4.69) is 48.1 Å². The van der Waals surface area contributed by atoms with E-state index in [4.69, 9.17) is 0 Å². The van der Waals surface area contributed by atoms with Gasteiger partial charge in [-0.05, 0) is 31.4 Å². The first kappa shape index (κ1) is 14.3. The molecule has 2 heterocycles. The van der Waals surface area contributed by atoms with Crippen LogP contribution in [0.1, 0.15) is 52.0 Å². The summed E-state index contributed by atoms with van der Waals surface area (Å²) < 4.78 is 0. The van der Waals surface area contributed by atoms with Crippen LogP contribution in [0.4, 0.5) is 5.82 Å². The Morgan fingerprint density at radius 1 is 1.32 bits per heavy atom. The fraction of sp³-hybridized carbons (Fsp3) is 0.688. The zero-order valence-electron chi connectivity index (χ0n) is 12.5. The van der Waals surface area contributed by atoms with Crippen molar-refractivity contribution in [1.29, 1.82) is 0 Å². The lowest BCUT2D eigenvalue weighted by Gasteiger charge is -2.28. The van der Waals surface area contributed by atoms with Gasteiger partial charge in [-0.15, -0.1) is 0 Å². The minimum absolute atomic E-state index is 0.519. The fourth-order valence-corrected chi connectivity index (χ4v) is 2.63. The molecule has 1 aliphatic rings. The topological polar surface area (TPSA) is 28.2 Å². The summed E-state index contributed by atoms with van der Waals surface area (Å²) in [5.74, 6) is 1.14. The number of pyridine rings is 1. The van der Waals surface area contributed by atoms with Gasteiger partial charge in [0.15, 0.2) is 0 Å². The number of anilines is 1. The Bertz CT molecular complexity index is 372. The van der Waals surface area contributed by atoms with E-state index in [1.807, 2.05) is 6.20 Å². The number of aromatic nitrogens is 1. The molecule has 0 saturated carbocycles. The van der Waals surface area contributed by atoms with E-state index in [0.29, 0.717) is 12.1 Å². The number of nitrogens with one attached hydrogen (secondary N) is 1. The fourth-order valence-electron chi connectivity index (χ4n) is 2.63. The van der Waals surface area contributed by atoms with Crippen LogP contribution in [0.25, 0.3) is 0 Å². The first-order valence-corrected chi connectivity index (χ1v) is 7.62. The smallest absolute Gasteiger partial charge is 0.128 e. The van der Waals surface area contributed by atoms with Crippen LogP contribution in [0.5, 0.6) is 0 Å². The van der Waals surface area contributed by atoms with E-state index < -0.39 is 0 Å². The lowest BCUT2D eigenvalue weighted by Crippen LogP contribution is -2.33. The second kappa shape index (κ2) is 6.90. The Morgan fingerprint density at radius 3 is 2.84 bits per heavy atom. The summed E-state index contributed by atoms with van der Waals surface area (Å²) >= 11 is 0. The van der Waals surface area contributed by atoms with Crippen molar-refractivity contribution < 1.29 is 0 Å². The summed E-state index contributed by atoms with van der Waals surface area (Å²) in [4.78, 5) is 7.12. The van der Waals surface area contributed by atoms with Crippen molar-refractivity contribution in [3.8, 4) is 0 Å². The average molecular weight is 261 g/mol. The minimum atomic E-state index is 0.519. The number of nitrogens with zero attached hydrogens (tertiary/aromatic N) is 2. The quantitative estimate of drug-likeness (QED) is 0.901. The molecule has 106 valence electrons. The third-order valence-corrected chi connectivity index (χ3v) is 3.87. The van der Waals surface area contributed by atoms with Gasteiger partial charge in [0.05, 0.1) is 0 Å². The Hall–Kier alpha value is -1.09. The van der Waals surface area contributed by atoms with E-state index >= 15 is 0 Å². The minimum Gasteiger partial charge on any atom is -0.354 e. The summed E-state index contributed by atoms with van der Waals surface area (Å²) in [5, 5.41) is 3.43. The van der Waals surface area contributed by atoms with Crippen molar-refractivity contribution in [2.75, 3.05) is 11.4 Å². The van der Waals surface area contributed by atoms with Crippen LogP contribution in [0, 0.1) is 0 Å². The van der Waals surface area contributed by atoms with Crippen LogP contribution in [0.3, 0.4) is 0 Å². The predicted molar refractivity (Wildman–Crippen MR) is 81.5 cm³/mol. The van der Waals surface area contributed by atoms with Crippen molar-refractivity contribution >= 4 is 5.82 Å². The average Bonchev–Trinajstić information content (AvgIpc) is 2.62. The van der Waals surface area contributed by atoms with E-state index in [0.717, 1.165) is 18.9 Å². The molecule has 1 aromatic heterocycles. The zero-order valence-corrected chi connectivity index (χ0v) is 12.5. The van der Waals surface area contributed by atoms with Crippen LogP contribution < -0.4 is 10.2 Å². The standard InChI is InChI=1S/C16H27N3/c1-13(2)17-11-15-8-9-16(18-12-15)19-10-6-4-5-7-14(19)3/h8-9,12-14,17H,4-7,10-11H2,1-3H3. The van der Waals surface area contributed by atoms with Gasteiger partial charge >= 0.3 is 0 Å². The Kier molecular flexibility index (Phi) is 5.20. The van der Waals surface area contributed by atoms with Crippen LogP contribution >= 0.6 is 0 Å². The van der Waals surface area contributed by atoms with Gasteiger partial charge in [-0.25, -0.2) is 4.98 Å². The molecule has 0 bridgehead atoms. The van der Waals surface area contributed by atoms with Crippen LogP contribution in [-0.4, -0.2) is 23.6 Å². The number of rotatable bonds is 4. The summed E-state index contributed by atoms with van der Waals surface area (Å²) in [5.41, 5.74) is 1.26. The first-order chi connectivity index (χ1) is 9.16. The van der Waals surface area contributed by atoms with Gasteiger partial charge < -0.3 is 10.2 Å². The normalized spacial score (nSPS) is 20.6. The van der Waals surface area contributed by atoms with Gasteiger partial charge in [-0.1, -0.05) is 32.8 Å². The molecule has 3 nitrogen and oxygen atoms in total. The van der Waals surface area contributed by atoms with Crippen molar-refractivity contribution in [3.63, 3.8) is 0 Å². The summed E-state index contributed by atoms with van der Waals surface area (Å²) in [7, 11) is 0. The third-order valence-electron chi connectivity index (χ3n) is 3.87. The number of hydrogen-bond acceptors (Lipinski definition) is 3. The molecule has 0 amide bonds. The molecule has 1 aromatic rings. The van der Waals surface area contributed by atoms with Crippen molar-refractivity contribution in [1.82, 2.24) is 10.3 Å². The van der Waals surface area contributed by atoms with E-state index in [9.17, 15) is 0 Å². The van der Waals surface area contributed by atoms with Crippen LogP contribution in [0.2, 0.25) is 0 Å². The van der Waals surface area contributed by atoms with Gasteiger partial charge in [-0.3, -0.25) is 0 Å².